The minimum absolute atomic E-state index is 0.126. The monoisotopic (exact) mass is 240 g/mol. The van der Waals surface area contributed by atoms with Crippen molar-refractivity contribution in [2.24, 2.45) is 0 Å². The summed E-state index contributed by atoms with van der Waals surface area (Å²) in [6.45, 7) is 2.61. The van der Waals surface area contributed by atoms with Crippen LogP contribution in [0.15, 0.2) is 18.2 Å². The van der Waals surface area contributed by atoms with Crippen molar-refractivity contribution >= 4 is 17.3 Å². The maximum Gasteiger partial charge on any atom is 0.273 e. The highest BCUT2D eigenvalue weighted by atomic mass is 35.5. The standard InChI is InChI=1S/C11H13ClN2O2/c1-11(4-5-11)13-7-8-6-9(12)2-3-10(8)14(15)16/h2-3,6,13H,4-5,7H2,1H3. The zero-order valence-electron chi connectivity index (χ0n) is 9.00. The topological polar surface area (TPSA) is 55.2 Å². The fourth-order valence-electron chi connectivity index (χ4n) is 1.55. The molecule has 0 heterocycles. The molecule has 16 heavy (non-hydrogen) atoms. The van der Waals surface area contributed by atoms with Crippen molar-refractivity contribution < 1.29 is 4.92 Å². The summed E-state index contributed by atoms with van der Waals surface area (Å²) in [5, 5.41) is 14.6. The van der Waals surface area contributed by atoms with Gasteiger partial charge in [0.2, 0.25) is 0 Å². The summed E-state index contributed by atoms with van der Waals surface area (Å²) in [5.74, 6) is 0. The summed E-state index contributed by atoms with van der Waals surface area (Å²) >= 11 is 5.84. The van der Waals surface area contributed by atoms with Crippen molar-refractivity contribution in [2.45, 2.75) is 31.8 Å². The fraction of sp³-hybridized carbons (Fsp3) is 0.455. The van der Waals surface area contributed by atoms with E-state index in [1.54, 1.807) is 12.1 Å². The van der Waals surface area contributed by atoms with Gasteiger partial charge in [0.25, 0.3) is 5.69 Å². The number of nitrogens with zero attached hydrogens (tertiary/aromatic N) is 1. The molecule has 1 saturated carbocycles. The maximum atomic E-state index is 10.8. The van der Waals surface area contributed by atoms with Gasteiger partial charge < -0.3 is 5.32 Å². The number of benzene rings is 1. The van der Waals surface area contributed by atoms with Crippen LogP contribution in [0, 0.1) is 10.1 Å². The molecule has 0 aromatic heterocycles. The lowest BCUT2D eigenvalue weighted by Crippen LogP contribution is -2.27. The maximum absolute atomic E-state index is 10.8. The van der Waals surface area contributed by atoms with Crippen LogP contribution < -0.4 is 5.32 Å². The Hall–Kier alpha value is -1.13. The summed E-state index contributed by atoms with van der Waals surface area (Å²) in [7, 11) is 0. The molecule has 1 N–H and O–H groups in total. The van der Waals surface area contributed by atoms with Crippen LogP contribution in [0.25, 0.3) is 0 Å². The van der Waals surface area contributed by atoms with Crippen LogP contribution in [0.3, 0.4) is 0 Å². The summed E-state index contributed by atoms with van der Waals surface area (Å²) in [5.41, 5.74) is 0.933. The molecule has 0 atom stereocenters. The number of hydrogen-bond donors (Lipinski definition) is 1. The van der Waals surface area contributed by atoms with E-state index < -0.39 is 0 Å². The molecule has 1 aliphatic rings. The number of nitro groups is 1. The van der Waals surface area contributed by atoms with Crippen molar-refractivity contribution in [3.05, 3.63) is 38.9 Å². The lowest BCUT2D eigenvalue weighted by atomic mass is 10.1. The van der Waals surface area contributed by atoms with Crippen LogP contribution in [-0.2, 0) is 6.54 Å². The molecule has 1 fully saturated rings. The van der Waals surface area contributed by atoms with Crippen LogP contribution in [0.2, 0.25) is 5.02 Å². The quantitative estimate of drug-likeness (QED) is 0.650. The molecule has 0 saturated heterocycles. The van der Waals surface area contributed by atoms with E-state index in [1.165, 1.54) is 6.07 Å². The fourth-order valence-corrected chi connectivity index (χ4v) is 1.74. The molecule has 0 amide bonds. The minimum atomic E-state index is -0.372. The zero-order chi connectivity index (χ0) is 11.8. The van der Waals surface area contributed by atoms with Gasteiger partial charge in [-0.1, -0.05) is 11.6 Å². The van der Waals surface area contributed by atoms with Crippen LogP contribution in [0.4, 0.5) is 5.69 Å². The van der Waals surface area contributed by atoms with Gasteiger partial charge in [-0.3, -0.25) is 10.1 Å². The first-order valence-corrected chi connectivity index (χ1v) is 5.56. The van der Waals surface area contributed by atoms with E-state index in [0.29, 0.717) is 17.1 Å². The van der Waals surface area contributed by atoms with E-state index in [1.807, 2.05) is 0 Å². The molecule has 5 heteroatoms. The van der Waals surface area contributed by atoms with Crippen molar-refractivity contribution in [1.82, 2.24) is 5.32 Å². The first-order valence-electron chi connectivity index (χ1n) is 5.18. The van der Waals surface area contributed by atoms with Crippen LogP contribution >= 0.6 is 11.6 Å². The second-order valence-corrected chi connectivity index (χ2v) is 4.88. The van der Waals surface area contributed by atoms with Crippen LogP contribution in [0.1, 0.15) is 25.3 Å². The average Bonchev–Trinajstić information content (AvgIpc) is 2.94. The van der Waals surface area contributed by atoms with Gasteiger partial charge in [-0.15, -0.1) is 0 Å². The number of halogens is 1. The summed E-state index contributed by atoms with van der Waals surface area (Å²) < 4.78 is 0. The minimum Gasteiger partial charge on any atom is -0.307 e. The molecule has 4 nitrogen and oxygen atoms in total. The van der Waals surface area contributed by atoms with Gasteiger partial charge in [0.1, 0.15) is 0 Å². The molecular weight excluding hydrogens is 228 g/mol. The Balaban J connectivity index is 2.16. The molecular formula is C11H13ClN2O2. The highest BCUT2D eigenvalue weighted by molar-refractivity contribution is 6.30. The smallest absolute Gasteiger partial charge is 0.273 e. The number of nitro benzene ring substituents is 1. The number of nitrogens with one attached hydrogen (secondary N) is 1. The van der Waals surface area contributed by atoms with E-state index in [4.69, 9.17) is 11.6 Å². The highest BCUT2D eigenvalue weighted by Gasteiger charge is 2.36. The van der Waals surface area contributed by atoms with Crippen molar-refractivity contribution in [3.63, 3.8) is 0 Å². The molecule has 0 aliphatic heterocycles. The summed E-state index contributed by atoms with van der Waals surface area (Å²) in [6, 6.07) is 4.65. The Bertz CT molecular complexity index is 430. The predicted molar refractivity (Wildman–Crippen MR) is 62.6 cm³/mol. The molecule has 1 aromatic rings. The van der Waals surface area contributed by atoms with Gasteiger partial charge in [0.15, 0.2) is 0 Å². The largest absolute Gasteiger partial charge is 0.307 e. The lowest BCUT2D eigenvalue weighted by Gasteiger charge is -2.11. The molecule has 2 rings (SSSR count). The predicted octanol–water partition coefficient (Wildman–Crippen LogP) is 2.89. The van der Waals surface area contributed by atoms with Gasteiger partial charge in [0.05, 0.1) is 4.92 Å². The third-order valence-corrected chi connectivity index (χ3v) is 3.18. The van der Waals surface area contributed by atoms with Crippen molar-refractivity contribution in [1.29, 1.82) is 0 Å². The van der Waals surface area contributed by atoms with Crippen molar-refractivity contribution in [3.8, 4) is 0 Å². The lowest BCUT2D eigenvalue weighted by molar-refractivity contribution is -0.385. The normalized spacial score (nSPS) is 17.1. The molecule has 86 valence electrons. The summed E-state index contributed by atoms with van der Waals surface area (Å²) in [6.07, 6.45) is 2.25. The van der Waals surface area contributed by atoms with Crippen LogP contribution in [-0.4, -0.2) is 10.5 Å². The van der Waals surface area contributed by atoms with Gasteiger partial charge >= 0.3 is 0 Å². The van der Waals surface area contributed by atoms with Gasteiger partial charge in [-0.05, 0) is 31.9 Å². The number of rotatable bonds is 4. The molecule has 1 aliphatic carbocycles. The van der Waals surface area contributed by atoms with Gasteiger partial charge in [-0.25, -0.2) is 0 Å². The summed E-state index contributed by atoms with van der Waals surface area (Å²) in [4.78, 5) is 10.4. The first-order chi connectivity index (χ1) is 7.50. The van der Waals surface area contributed by atoms with Crippen LogP contribution in [0.5, 0.6) is 0 Å². The molecule has 0 unspecified atom stereocenters. The van der Waals surface area contributed by atoms with E-state index in [2.05, 4.69) is 12.2 Å². The van der Waals surface area contributed by atoms with E-state index >= 15 is 0 Å². The Morgan fingerprint density at radius 2 is 2.25 bits per heavy atom. The van der Waals surface area contributed by atoms with E-state index in [0.717, 1.165) is 12.8 Å². The third kappa shape index (κ3) is 2.51. The molecule has 0 spiro atoms. The second-order valence-electron chi connectivity index (χ2n) is 4.44. The second kappa shape index (κ2) is 4.03. The molecule has 1 aromatic carbocycles. The SMILES string of the molecule is CC1(NCc2cc(Cl)ccc2[N+](=O)[O-])CC1. The highest BCUT2D eigenvalue weighted by Crippen LogP contribution is 2.35. The zero-order valence-corrected chi connectivity index (χ0v) is 9.75. The Morgan fingerprint density at radius 3 is 2.81 bits per heavy atom. The third-order valence-electron chi connectivity index (χ3n) is 2.94. The van der Waals surface area contributed by atoms with E-state index in [-0.39, 0.29) is 16.1 Å². The molecule has 0 bridgehead atoms. The Kier molecular flexibility index (Phi) is 2.86. The Morgan fingerprint density at radius 1 is 1.56 bits per heavy atom. The van der Waals surface area contributed by atoms with Gasteiger partial charge in [0, 0.05) is 28.7 Å². The number of hydrogen-bond acceptors (Lipinski definition) is 3. The molecule has 0 radical (unpaired) electrons. The Labute approximate surface area is 98.8 Å². The van der Waals surface area contributed by atoms with Gasteiger partial charge in [-0.2, -0.15) is 0 Å². The van der Waals surface area contributed by atoms with E-state index in [9.17, 15) is 10.1 Å². The average molecular weight is 241 g/mol. The van der Waals surface area contributed by atoms with Crippen molar-refractivity contribution in [2.75, 3.05) is 0 Å². The first kappa shape index (κ1) is 11.4.